The smallest absolute Gasteiger partial charge is 0.140 e. The van der Waals surface area contributed by atoms with E-state index in [1.54, 1.807) is 19.4 Å². The lowest BCUT2D eigenvalue weighted by Crippen LogP contribution is -2.26. The molecule has 1 aromatic heterocycles. The van der Waals surface area contributed by atoms with Crippen molar-refractivity contribution in [3.05, 3.63) is 21.8 Å². The molecule has 1 rings (SSSR count). The number of hydrogen-bond acceptors (Lipinski definition) is 3. The van der Waals surface area contributed by atoms with E-state index in [2.05, 4.69) is 26.2 Å². The van der Waals surface area contributed by atoms with Crippen molar-refractivity contribution in [2.24, 2.45) is 0 Å². The first-order valence-corrected chi connectivity index (χ1v) is 6.50. The van der Waals surface area contributed by atoms with Gasteiger partial charge in [0.2, 0.25) is 0 Å². The third-order valence-corrected chi connectivity index (χ3v) is 3.00. The van der Waals surface area contributed by atoms with Crippen LogP contribution in [0.25, 0.3) is 0 Å². The summed E-state index contributed by atoms with van der Waals surface area (Å²) < 4.78 is 5.93. The van der Waals surface area contributed by atoms with Crippen molar-refractivity contribution in [1.82, 2.24) is 4.98 Å². The van der Waals surface area contributed by atoms with Crippen LogP contribution in [0.4, 0.5) is 5.82 Å². The molecule has 0 aliphatic heterocycles. The second-order valence-corrected chi connectivity index (χ2v) is 4.93. The molecule has 1 heterocycles. The van der Waals surface area contributed by atoms with Crippen LogP contribution in [0.1, 0.15) is 6.42 Å². The zero-order chi connectivity index (χ0) is 12.0. The second-order valence-electron chi connectivity index (χ2n) is 3.26. The molecule has 0 aromatic carbocycles. The number of aromatic nitrogens is 1. The number of anilines is 1. The van der Waals surface area contributed by atoms with Crippen molar-refractivity contribution < 1.29 is 4.74 Å². The summed E-state index contributed by atoms with van der Waals surface area (Å²) in [5, 5.41) is 3.85. The average Bonchev–Trinajstić information content (AvgIpc) is 2.23. The highest BCUT2D eigenvalue weighted by molar-refractivity contribution is 9.10. The van der Waals surface area contributed by atoms with Gasteiger partial charge in [0.05, 0.1) is 22.1 Å². The molecule has 0 aliphatic carbocycles. The normalized spacial score (nSPS) is 12.5. The predicted molar refractivity (Wildman–Crippen MR) is 71.6 cm³/mol. The summed E-state index contributed by atoms with van der Waals surface area (Å²) in [5.74, 6) is 1.32. The van der Waals surface area contributed by atoms with Crippen LogP contribution >= 0.6 is 39.1 Å². The van der Waals surface area contributed by atoms with E-state index in [1.807, 2.05) is 0 Å². The summed E-state index contributed by atoms with van der Waals surface area (Å²) in [6.45, 7) is 0.587. The van der Waals surface area contributed by atoms with Crippen LogP contribution in [-0.4, -0.2) is 30.6 Å². The van der Waals surface area contributed by atoms with Crippen molar-refractivity contribution in [2.75, 3.05) is 24.9 Å². The predicted octanol–water partition coefficient (Wildman–Crippen LogP) is 3.55. The lowest BCUT2D eigenvalue weighted by atomic mass is 10.2. The molecule has 0 radical (unpaired) electrons. The molecule has 16 heavy (non-hydrogen) atoms. The first kappa shape index (κ1) is 14.0. The molecule has 1 aromatic rings. The van der Waals surface area contributed by atoms with Crippen molar-refractivity contribution in [3.63, 3.8) is 0 Å². The molecule has 1 atom stereocenters. The Morgan fingerprint density at radius 3 is 2.94 bits per heavy atom. The molecule has 0 saturated carbocycles. The van der Waals surface area contributed by atoms with E-state index < -0.39 is 0 Å². The first-order chi connectivity index (χ1) is 7.67. The highest BCUT2D eigenvalue weighted by Crippen LogP contribution is 2.24. The quantitative estimate of drug-likeness (QED) is 0.811. The highest BCUT2D eigenvalue weighted by Gasteiger charge is 2.10. The number of halogens is 3. The van der Waals surface area contributed by atoms with Crippen LogP contribution < -0.4 is 5.32 Å². The number of rotatable bonds is 6. The number of pyridine rings is 1. The zero-order valence-electron chi connectivity index (χ0n) is 8.84. The Morgan fingerprint density at radius 1 is 1.62 bits per heavy atom. The Balaban J connectivity index is 2.68. The molecule has 0 amide bonds. The van der Waals surface area contributed by atoms with E-state index in [4.69, 9.17) is 27.9 Å². The van der Waals surface area contributed by atoms with Gasteiger partial charge in [-0.15, -0.1) is 11.6 Å². The fraction of sp³-hybridized carbons (Fsp3) is 0.500. The first-order valence-electron chi connectivity index (χ1n) is 4.80. The van der Waals surface area contributed by atoms with Gasteiger partial charge < -0.3 is 10.1 Å². The Hall–Kier alpha value is -0.0300. The van der Waals surface area contributed by atoms with E-state index in [-0.39, 0.29) is 6.04 Å². The standard InChI is InChI=1S/C10H13BrCl2N2O/c1-16-6-8(2-3-12)15-10-9(11)4-7(13)5-14-10/h4-5,8H,2-3,6H2,1H3,(H,14,15). The van der Waals surface area contributed by atoms with Gasteiger partial charge in [0, 0.05) is 19.2 Å². The Morgan fingerprint density at radius 2 is 2.38 bits per heavy atom. The second kappa shape index (κ2) is 7.33. The molecule has 3 nitrogen and oxygen atoms in total. The van der Waals surface area contributed by atoms with Gasteiger partial charge in [-0.1, -0.05) is 11.6 Å². The van der Waals surface area contributed by atoms with Gasteiger partial charge in [0.1, 0.15) is 5.82 Å². The number of nitrogens with one attached hydrogen (secondary N) is 1. The number of ether oxygens (including phenoxy) is 1. The fourth-order valence-corrected chi connectivity index (χ4v) is 2.26. The van der Waals surface area contributed by atoms with Crippen LogP contribution in [0.3, 0.4) is 0 Å². The van der Waals surface area contributed by atoms with Gasteiger partial charge in [-0.3, -0.25) is 0 Å². The monoisotopic (exact) mass is 326 g/mol. The van der Waals surface area contributed by atoms with Gasteiger partial charge in [0.15, 0.2) is 0 Å². The summed E-state index contributed by atoms with van der Waals surface area (Å²) in [4.78, 5) is 4.19. The van der Waals surface area contributed by atoms with Crippen molar-refractivity contribution in [1.29, 1.82) is 0 Å². The lowest BCUT2D eigenvalue weighted by molar-refractivity contribution is 0.184. The molecule has 1 N–H and O–H groups in total. The highest BCUT2D eigenvalue weighted by atomic mass is 79.9. The third kappa shape index (κ3) is 4.45. The zero-order valence-corrected chi connectivity index (χ0v) is 11.9. The van der Waals surface area contributed by atoms with Gasteiger partial charge in [-0.2, -0.15) is 0 Å². The Bertz CT molecular complexity index is 333. The maximum Gasteiger partial charge on any atom is 0.140 e. The molecule has 0 bridgehead atoms. The minimum absolute atomic E-state index is 0.146. The Kier molecular flexibility index (Phi) is 6.43. The van der Waals surface area contributed by atoms with Gasteiger partial charge in [-0.25, -0.2) is 4.98 Å². The molecule has 6 heteroatoms. The molecule has 90 valence electrons. The number of methoxy groups -OCH3 is 1. The molecular formula is C10H13BrCl2N2O. The summed E-state index contributed by atoms with van der Waals surface area (Å²) in [6.07, 6.45) is 2.41. The van der Waals surface area contributed by atoms with Crippen LogP contribution in [0.5, 0.6) is 0 Å². The minimum Gasteiger partial charge on any atom is -0.383 e. The number of hydrogen-bond donors (Lipinski definition) is 1. The molecular weight excluding hydrogens is 315 g/mol. The van der Waals surface area contributed by atoms with E-state index in [0.717, 1.165) is 16.7 Å². The summed E-state index contributed by atoms with van der Waals surface area (Å²) in [7, 11) is 1.66. The minimum atomic E-state index is 0.146. The average molecular weight is 328 g/mol. The van der Waals surface area contributed by atoms with Gasteiger partial charge in [-0.05, 0) is 28.4 Å². The van der Waals surface area contributed by atoms with Crippen LogP contribution in [0.2, 0.25) is 5.02 Å². The topological polar surface area (TPSA) is 34.1 Å². The largest absolute Gasteiger partial charge is 0.383 e. The van der Waals surface area contributed by atoms with E-state index in [9.17, 15) is 0 Å². The molecule has 0 fully saturated rings. The third-order valence-electron chi connectivity index (χ3n) is 1.97. The molecule has 0 aliphatic rings. The van der Waals surface area contributed by atoms with E-state index in [0.29, 0.717) is 17.5 Å². The maximum atomic E-state index is 5.81. The van der Waals surface area contributed by atoms with Crippen LogP contribution in [0.15, 0.2) is 16.7 Å². The summed E-state index contributed by atoms with van der Waals surface area (Å²) in [5.41, 5.74) is 0. The van der Waals surface area contributed by atoms with E-state index >= 15 is 0 Å². The summed E-state index contributed by atoms with van der Waals surface area (Å²) in [6, 6.07) is 1.94. The molecule has 0 saturated heterocycles. The fourth-order valence-electron chi connectivity index (χ4n) is 1.24. The summed E-state index contributed by atoms with van der Waals surface area (Å²) >= 11 is 14.9. The van der Waals surface area contributed by atoms with Gasteiger partial charge in [0.25, 0.3) is 0 Å². The molecule has 0 spiro atoms. The SMILES string of the molecule is COCC(CCCl)Nc1ncc(Cl)cc1Br. The van der Waals surface area contributed by atoms with E-state index in [1.165, 1.54) is 0 Å². The van der Waals surface area contributed by atoms with Crippen LogP contribution in [0, 0.1) is 0 Å². The number of alkyl halides is 1. The van der Waals surface area contributed by atoms with Crippen molar-refractivity contribution >= 4 is 44.9 Å². The van der Waals surface area contributed by atoms with Crippen LogP contribution in [-0.2, 0) is 4.74 Å². The van der Waals surface area contributed by atoms with Crippen molar-refractivity contribution in [3.8, 4) is 0 Å². The van der Waals surface area contributed by atoms with Gasteiger partial charge >= 0.3 is 0 Å². The lowest BCUT2D eigenvalue weighted by Gasteiger charge is -2.18. The number of nitrogens with zero attached hydrogens (tertiary/aromatic N) is 1. The molecule has 1 unspecified atom stereocenters. The van der Waals surface area contributed by atoms with Crippen molar-refractivity contribution in [2.45, 2.75) is 12.5 Å². The Labute approximate surface area is 114 Å². The maximum absolute atomic E-state index is 5.81.